The molecule has 0 saturated carbocycles. The summed E-state index contributed by atoms with van der Waals surface area (Å²) in [5.74, 6) is -1.30. The number of carboxylic acid groups (broad SMARTS) is 1. The first-order chi connectivity index (χ1) is 8.51. The predicted molar refractivity (Wildman–Crippen MR) is 61.9 cm³/mol. The number of nitrogens with zero attached hydrogens (tertiary/aromatic N) is 1. The second kappa shape index (κ2) is 4.48. The molecule has 1 aromatic carbocycles. The van der Waals surface area contributed by atoms with Crippen LogP contribution in [0.25, 0.3) is 0 Å². The fraction of sp³-hybridized carbons (Fsp3) is 0.250. The molecule has 6 heteroatoms. The van der Waals surface area contributed by atoms with Gasteiger partial charge in [0.25, 0.3) is 0 Å². The van der Waals surface area contributed by atoms with Crippen molar-refractivity contribution in [2.75, 3.05) is 18.6 Å². The van der Waals surface area contributed by atoms with Crippen LogP contribution in [0.4, 0.5) is 5.69 Å². The van der Waals surface area contributed by atoms with Crippen molar-refractivity contribution in [1.82, 2.24) is 0 Å². The number of aromatic carboxylic acids is 1. The van der Waals surface area contributed by atoms with Gasteiger partial charge in [-0.05, 0) is 12.1 Å². The topological polar surface area (TPSA) is 83.9 Å². The third-order valence-electron chi connectivity index (χ3n) is 2.67. The van der Waals surface area contributed by atoms with E-state index in [1.54, 1.807) is 0 Å². The number of ether oxygens (including phenoxy) is 1. The fourth-order valence-corrected chi connectivity index (χ4v) is 1.80. The summed E-state index contributed by atoms with van der Waals surface area (Å²) in [5.41, 5.74) is 0.374. The molecular weight excluding hydrogens is 238 g/mol. The highest BCUT2D eigenvalue weighted by Gasteiger charge is 2.29. The molecule has 1 aromatic rings. The third-order valence-corrected chi connectivity index (χ3v) is 2.67. The molecule has 0 spiro atoms. The Kier molecular flexibility index (Phi) is 3.01. The summed E-state index contributed by atoms with van der Waals surface area (Å²) in [7, 11) is 1.40. The number of ketones is 1. The zero-order valence-corrected chi connectivity index (χ0v) is 9.67. The van der Waals surface area contributed by atoms with E-state index >= 15 is 0 Å². The van der Waals surface area contributed by atoms with E-state index in [2.05, 4.69) is 0 Å². The normalized spacial score (nSPS) is 15.1. The first kappa shape index (κ1) is 12.1. The quantitative estimate of drug-likeness (QED) is 0.797. The number of Topliss-reactive ketones (excluding diaryl/α,β-unsaturated/α-hetero) is 1. The van der Waals surface area contributed by atoms with Gasteiger partial charge < -0.3 is 14.7 Å². The molecule has 1 heterocycles. The minimum Gasteiger partial charge on any atom is -0.497 e. The molecule has 0 radical (unpaired) electrons. The number of methoxy groups -OCH3 is 1. The standard InChI is InChI=1S/C12H11NO5/c1-18-10-3-7(12(16)17)2-8(4-10)13-6-9(14)5-11(13)15/h2-4H,5-6H2,1H3,(H,16,17). The molecule has 18 heavy (non-hydrogen) atoms. The van der Waals surface area contributed by atoms with Crippen molar-refractivity contribution < 1.29 is 24.2 Å². The second-order valence-corrected chi connectivity index (χ2v) is 3.92. The van der Waals surface area contributed by atoms with Crippen LogP contribution in [0.1, 0.15) is 16.8 Å². The highest BCUT2D eigenvalue weighted by Crippen LogP contribution is 2.26. The van der Waals surface area contributed by atoms with Crippen molar-refractivity contribution in [3.05, 3.63) is 23.8 Å². The summed E-state index contributed by atoms with van der Waals surface area (Å²) in [6.45, 7) is -0.0228. The molecule has 1 aliphatic rings. The van der Waals surface area contributed by atoms with E-state index in [-0.39, 0.29) is 30.2 Å². The minimum atomic E-state index is -1.12. The maximum absolute atomic E-state index is 11.6. The van der Waals surface area contributed by atoms with Crippen LogP contribution in [0.3, 0.4) is 0 Å². The summed E-state index contributed by atoms with van der Waals surface area (Å²) in [5, 5.41) is 8.96. The van der Waals surface area contributed by atoms with Gasteiger partial charge in [-0.2, -0.15) is 0 Å². The maximum atomic E-state index is 11.6. The van der Waals surface area contributed by atoms with Crippen LogP contribution in [0.2, 0.25) is 0 Å². The monoisotopic (exact) mass is 249 g/mol. The van der Waals surface area contributed by atoms with Gasteiger partial charge in [0.2, 0.25) is 5.91 Å². The molecule has 0 atom stereocenters. The lowest BCUT2D eigenvalue weighted by Gasteiger charge is -2.16. The molecule has 94 valence electrons. The molecule has 1 aliphatic heterocycles. The van der Waals surface area contributed by atoms with Crippen molar-refractivity contribution >= 4 is 23.3 Å². The van der Waals surface area contributed by atoms with Crippen LogP contribution in [0.5, 0.6) is 5.75 Å². The number of carboxylic acids is 1. The van der Waals surface area contributed by atoms with Crippen LogP contribution < -0.4 is 9.64 Å². The van der Waals surface area contributed by atoms with Gasteiger partial charge in [-0.25, -0.2) is 4.79 Å². The average Bonchev–Trinajstić information content (AvgIpc) is 2.67. The number of benzene rings is 1. The number of hydrogen-bond donors (Lipinski definition) is 1. The first-order valence-corrected chi connectivity index (χ1v) is 5.25. The first-order valence-electron chi connectivity index (χ1n) is 5.25. The van der Waals surface area contributed by atoms with Gasteiger partial charge in [-0.1, -0.05) is 0 Å². The Bertz CT molecular complexity index is 537. The van der Waals surface area contributed by atoms with Crippen molar-refractivity contribution in [3.8, 4) is 5.75 Å². The van der Waals surface area contributed by atoms with Gasteiger partial charge >= 0.3 is 5.97 Å². The molecule has 1 N–H and O–H groups in total. The molecule has 0 aliphatic carbocycles. The summed E-state index contributed by atoms with van der Waals surface area (Å²) < 4.78 is 4.98. The summed E-state index contributed by atoms with van der Waals surface area (Å²) in [6, 6.07) is 4.23. The molecule has 0 aromatic heterocycles. The Morgan fingerprint density at radius 1 is 1.33 bits per heavy atom. The predicted octanol–water partition coefficient (Wildman–Crippen LogP) is 0.699. The van der Waals surface area contributed by atoms with Crippen LogP contribution in [-0.4, -0.2) is 36.4 Å². The Morgan fingerprint density at radius 3 is 2.56 bits per heavy atom. The summed E-state index contributed by atoms with van der Waals surface area (Å²) >= 11 is 0. The lowest BCUT2D eigenvalue weighted by molar-refractivity contribution is -0.121. The molecule has 6 nitrogen and oxygen atoms in total. The van der Waals surface area contributed by atoms with E-state index in [1.165, 1.54) is 30.2 Å². The van der Waals surface area contributed by atoms with E-state index in [0.717, 1.165) is 0 Å². The summed E-state index contributed by atoms with van der Waals surface area (Å²) in [6.07, 6.45) is -0.139. The molecule has 1 fully saturated rings. The van der Waals surface area contributed by atoms with Crippen LogP contribution in [-0.2, 0) is 9.59 Å². The molecular formula is C12H11NO5. The highest BCUT2D eigenvalue weighted by molar-refractivity contribution is 6.15. The van der Waals surface area contributed by atoms with Gasteiger partial charge in [0, 0.05) is 11.8 Å². The Labute approximate surface area is 103 Å². The molecule has 1 saturated heterocycles. The largest absolute Gasteiger partial charge is 0.497 e. The third kappa shape index (κ3) is 2.17. The molecule has 1 amide bonds. The van der Waals surface area contributed by atoms with Crippen molar-refractivity contribution in [3.63, 3.8) is 0 Å². The van der Waals surface area contributed by atoms with Gasteiger partial charge in [-0.15, -0.1) is 0 Å². The minimum absolute atomic E-state index is 0.0106. The van der Waals surface area contributed by atoms with Gasteiger partial charge in [0.05, 0.1) is 25.6 Å². The van der Waals surface area contributed by atoms with Crippen LogP contribution in [0.15, 0.2) is 18.2 Å². The molecule has 0 unspecified atom stereocenters. The Morgan fingerprint density at radius 2 is 2.06 bits per heavy atom. The van der Waals surface area contributed by atoms with Crippen molar-refractivity contribution in [2.24, 2.45) is 0 Å². The van der Waals surface area contributed by atoms with E-state index in [4.69, 9.17) is 9.84 Å². The Hall–Kier alpha value is -2.37. The average molecular weight is 249 g/mol. The maximum Gasteiger partial charge on any atom is 0.335 e. The number of amides is 1. The van der Waals surface area contributed by atoms with Crippen molar-refractivity contribution in [1.29, 1.82) is 0 Å². The fourth-order valence-electron chi connectivity index (χ4n) is 1.80. The smallest absolute Gasteiger partial charge is 0.335 e. The number of carbonyl (C=O) groups is 3. The number of carbonyl (C=O) groups excluding carboxylic acids is 2. The van der Waals surface area contributed by atoms with Crippen LogP contribution in [0, 0.1) is 0 Å². The van der Waals surface area contributed by atoms with Crippen LogP contribution >= 0.6 is 0 Å². The number of hydrogen-bond acceptors (Lipinski definition) is 4. The zero-order valence-electron chi connectivity index (χ0n) is 9.67. The van der Waals surface area contributed by atoms with E-state index in [9.17, 15) is 14.4 Å². The Balaban J connectivity index is 2.44. The lowest BCUT2D eigenvalue weighted by atomic mass is 10.1. The SMILES string of the molecule is COc1cc(C(=O)O)cc(N2CC(=O)CC2=O)c1. The van der Waals surface area contributed by atoms with Crippen molar-refractivity contribution in [2.45, 2.75) is 6.42 Å². The lowest BCUT2D eigenvalue weighted by Crippen LogP contribution is -2.24. The van der Waals surface area contributed by atoms with E-state index in [0.29, 0.717) is 11.4 Å². The number of rotatable bonds is 3. The van der Waals surface area contributed by atoms with Gasteiger partial charge in [0.1, 0.15) is 5.75 Å². The van der Waals surface area contributed by atoms with E-state index in [1.807, 2.05) is 0 Å². The molecule has 0 bridgehead atoms. The second-order valence-electron chi connectivity index (χ2n) is 3.92. The highest BCUT2D eigenvalue weighted by atomic mass is 16.5. The van der Waals surface area contributed by atoms with Gasteiger partial charge in [-0.3, -0.25) is 9.59 Å². The molecule has 2 rings (SSSR count). The van der Waals surface area contributed by atoms with Gasteiger partial charge in [0.15, 0.2) is 5.78 Å². The van der Waals surface area contributed by atoms with E-state index < -0.39 is 5.97 Å². The number of anilines is 1. The summed E-state index contributed by atoms with van der Waals surface area (Å²) in [4.78, 5) is 35.0. The zero-order chi connectivity index (χ0) is 13.3.